The molecule has 2 fully saturated rings. The highest BCUT2D eigenvalue weighted by molar-refractivity contribution is 5.11. The Labute approximate surface area is 148 Å². The smallest absolute Gasteiger partial charge is 0.195 e. The summed E-state index contributed by atoms with van der Waals surface area (Å²) < 4.78 is 12.8. The van der Waals surface area contributed by atoms with Gasteiger partial charge in [-0.3, -0.25) is 0 Å². The molecule has 2 saturated carbocycles. The van der Waals surface area contributed by atoms with E-state index in [1.54, 1.807) is 6.07 Å². The zero-order chi connectivity index (χ0) is 17.2. The molecule has 2 rings (SSSR count). The molecule has 0 heterocycles. The van der Waals surface area contributed by atoms with E-state index >= 15 is 0 Å². The second-order valence-corrected chi connectivity index (χ2v) is 7.98. The van der Waals surface area contributed by atoms with Gasteiger partial charge in [-0.2, -0.15) is 9.65 Å². The summed E-state index contributed by atoms with van der Waals surface area (Å²) >= 11 is 0. The monoisotopic (exact) mass is 331 g/mol. The van der Waals surface area contributed by atoms with Crippen molar-refractivity contribution in [2.24, 2.45) is 23.7 Å². The van der Waals surface area contributed by atoms with Crippen molar-refractivity contribution in [2.75, 3.05) is 0 Å². The normalized spacial score (nSPS) is 32.0. The molecule has 0 unspecified atom stereocenters. The van der Waals surface area contributed by atoms with Crippen LogP contribution in [-0.2, 0) is 0 Å². The molecule has 0 N–H and O–H groups in total. The summed E-state index contributed by atoms with van der Waals surface area (Å²) in [6, 6.07) is 1.55. The molecule has 1 nitrogen and oxygen atoms in total. The first-order chi connectivity index (χ1) is 11.7. The van der Waals surface area contributed by atoms with Gasteiger partial charge in [0, 0.05) is 0 Å². The average molecular weight is 332 g/mol. The van der Waals surface area contributed by atoms with Gasteiger partial charge in [0.2, 0.25) is 0 Å². The number of allylic oxidation sites excluding steroid dienone is 4. The molecule has 0 aromatic heterocycles. The fourth-order valence-electron chi connectivity index (χ4n) is 4.55. The SMILES string of the molecule is CCC[C@H]1CC[C@H](C=C[C@H]2CC[C@H](CCC=C(F)C#N)CC2)CC1. The van der Waals surface area contributed by atoms with Crippen LogP contribution in [-0.4, -0.2) is 0 Å². The lowest BCUT2D eigenvalue weighted by atomic mass is 9.77. The van der Waals surface area contributed by atoms with Crippen molar-refractivity contribution in [1.82, 2.24) is 0 Å². The minimum atomic E-state index is -0.625. The zero-order valence-corrected chi connectivity index (χ0v) is 15.4. The van der Waals surface area contributed by atoms with Crippen LogP contribution in [0.25, 0.3) is 0 Å². The van der Waals surface area contributed by atoms with Crippen molar-refractivity contribution in [3.05, 3.63) is 24.1 Å². The van der Waals surface area contributed by atoms with Gasteiger partial charge in [-0.25, -0.2) is 0 Å². The van der Waals surface area contributed by atoms with E-state index in [1.165, 1.54) is 70.3 Å². The molecule has 0 amide bonds. The summed E-state index contributed by atoms with van der Waals surface area (Å²) in [5.41, 5.74) is 0. The van der Waals surface area contributed by atoms with Crippen LogP contribution in [0.2, 0.25) is 0 Å². The third kappa shape index (κ3) is 6.80. The number of hydrogen-bond donors (Lipinski definition) is 0. The number of nitriles is 1. The lowest BCUT2D eigenvalue weighted by molar-refractivity contribution is 0.285. The van der Waals surface area contributed by atoms with E-state index < -0.39 is 5.83 Å². The highest BCUT2D eigenvalue weighted by atomic mass is 19.1. The maximum absolute atomic E-state index is 12.8. The fourth-order valence-corrected chi connectivity index (χ4v) is 4.55. The van der Waals surface area contributed by atoms with E-state index in [-0.39, 0.29) is 0 Å². The Kier molecular flexibility index (Phi) is 8.57. The molecule has 0 atom stereocenters. The molecular weight excluding hydrogens is 297 g/mol. The average Bonchev–Trinajstić information content (AvgIpc) is 2.62. The minimum Gasteiger partial charge on any atom is -0.195 e. The summed E-state index contributed by atoms with van der Waals surface area (Å²) in [6.45, 7) is 2.30. The molecule has 24 heavy (non-hydrogen) atoms. The van der Waals surface area contributed by atoms with E-state index in [2.05, 4.69) is 19.1 Å². The summed E-state index contributed by atoms with van der Waals surface area (Å²) in [5, 5.41) is 8.41. The molecule has 0 radical (unpaired) electrons. The third-order valence-corrected chi connectivity index (χ3v) is 6.14. The first kappa shape index (κ1) is 19.2. The van der Waals surface area contributed by atoms with Crippen LogP contribution < -0.4 is 0 Å². The van der Waals surface area contributed by atoms with Gasteiger partial charge >= 0.3 is 0 Å². The van der Waals surface area contributed by atoms with Crippen molar-refractivity contribution >= 4 is 0 Å². The van der Waals surface area contributed by atoms with Crippen molar-refractivity contribution in [2.45, 2.75) is 84.0 Å². The van der Waals surface area contributed by atoms with Gasteiger partial charge in [0.1, 0.15) is 6.07 Å². The topological polar surface area (TPSA) is 23.8 Å². The molecule has 2 aliphatic carbocycles. The number of rotatable bonds is 7. The van der Waals surface area contributed by atoms with Gasteiger partial charge in [0.25, 0.3) is 0 Å². The largest absolute Gasteiger partial charge is 0.196 e. The van der Waals surface area contributed by atoms with Crippen LogP contribution in [0, 0.1) is 35.0 Å². The van der Waals surface area contributed by atoms with E-state index in [0.717, 1.165) is 30.1 Å². The highest BCUT2D eigenvalue weighted by Crippen LogP contribution is 2.35. The van der Waals surface area contributed by atoms with E-state index in [0.29, 0.717) is 6.42 Å². The Hall–Kier alpha value is -1.10. The quantitative estimate of drug-likeness (QED) is 0.360. The number of nitrogens with zero attached hydrogens (tertiary/aromatic N) is 1. The van der Waals surface area contributed by atoms with Crippen LogP contribution in [0.4, 0.5) is 4.39 Å². The van der Waals surface area contributed by atoms with Crippen molar-refractivity contribution in [3.8, 4) is 6.07 Å². The highest BCUT2D eigenvalue weighted by Gasteiger charge is 2.21. The van der Waals surface area contributed by atoms with E-state index in [4.69, 9.17) is 5.26 Å². The molecule has 2 heteroatoms. The summed E-state index contributed by atoms with van der Waals surface area (Å²) in [4.78, 5) is 0. The molecule has 0 aromatic carbocycles. The first-order valence-electron chi connectivity index (χ1n) is 10.1. The Bertz CT molecular complexity index is 443. The third-order valence-electron chi connectivity index (χ3n) is 6.14. The maximum Gasteiger partial charge on any atom is 0.196 e. The van der Waals surface area contributed by atoms with Crippen LogP contribution in [0.3, 0.4) is 0 Å². The summed E-state index contributed by atoms with van der Waals surface area (Å²) in [5.74, 6) is 2.69. The summed E-state index contributed by atoms with van der Waals surface area (Å²) in [6.07, 6.45) is 21.8. The molecule has 0 aliphatic heterocycles. The van der Waals surface area contributed by atoms with E-state index in [9.17, 15) is 4.39 Å². The van der Waals surface area contributed by atoms with Gasteiger partial charge in [-0.1, -0.05) is 31.9 Å². The predicted molar refractivity (Wildman–Crippen MR) is 99.0 cm³/mol. The lowest BCUT2D eigenvalue weighted by Gasteiger charge is -2.28. The second-order valence-electron chi connectivity index (χ2n) is 7.98. The van der Waals surface area contributed by atoms with Crippen LogP contribution >= 0.6 is 0 Å². The zero-order valence-electron chi connectivity index (χ0n) is 15.4. The van der Waals surface area contributed by atoms with Crippen molar-refractivity contribution < 1.29 is 4.39 Å². The van der Waals surface area contributed by atoms with Crippen LogP contribution in [0.1, 0.15) is 84.0 Å². The van der Waals surface area contributed by atoms with Crippen LogP contribution in [0.15, 0.2) is 24.1 Å². The first-order valence-corrected chi connectivity index (χ1v) is 10.1. The molecular formula is C22H34FN. The van der Waals surface area contributed by atoms with Crippen LogP contribution in [0.5, 0.6) is 0 Å². The molecule has 0 saturated heterocycles. The Morgan fingerprint density at radius 2 is 1.42 bits per heavy atom. The minimum absolute atomic E-state index is 0.625. The molecule has 0 bridgehead atoms. The second kappa shape index (κ2) is 10.7. The Balaban J connectivity index is 1.62. The van der Waals surface area contributed by atoms with Gasteiger partial charge in [0.15, 0.2) is 5.83 Å². The maximum atomic E-state index is 12.8. The van der Waals surface area contributed by atoms with Crippen molar-refractivity contribution in [3.63, 3.8) is 0 Å². The number of hydrogen-bond acceptors (Lipinski definition) is 1. The fraction of sp³-hybridized carbons (Fsp3) is 0.773. The Morgan fingerprint density at radius 3 is 1.88 bits per heavy atom. The van der Waals surface area contributed by atoms with Gasteiger partial charge in [-0.05, 0) is 94.0 Å². The standard InChI is InChI=1S/C22H34FN/c1-2-4-18-7-11-20(12-8-18)15-16-21-13-9-19(10-14-21)5-3-6-22(23)17-24/h6,15-16,18-21H,2-5,7-14H2,1H3/t18-,19-,20-,21-. The summed E-state index contributed by atoms with van der Waals surface area (Å²) in [7, 11) is 0. The number of halogens is 1. The predicted octanol–water partition coefficient (Wildman–Crippen LogP) is 7.11. The molecule has 0 spiro atoms. The van der Waals surface area contributed by atoms with Gasteiger partial charge in [-0.15, -0.1) is 0 Å². The molecule has 134 valence electrons. The van der Waals surface area contributed by atoms with Gasteiger partial charge in [0.05, 0.1) is 0 Å². The van der Waals surface area contributed by atoms with Gasteiger partial charge < -0.3 is 0 Å². The molecule has 2 aliphatic rings. The molecule has 0 aromatic rings. The Morgan fingerprint density at radius 1 is 0.917 bits per heavy atom. The van der Waals surface area contributed by atoms with E-state index in [1.807, 2.05) is 0 Å². The van der Waals surface area contributed by atoms with Crippen molar-refractivity contribution in [1.29, 1.82) is 5.26 Å². The lowest BCUT2D eigenvalue weighted by Crippen LogP contribution is -2.15.